The van der Waals surface area contributed by atoms with Gasteiger partial charge in [-0.2, -0.15) is 0 Å². The van der Waals surface area contributed by atoms with Gasteiger partial charge in [-0.3, -0.25) is 9.80 Å². The first kappa shape index (κ1) is 18.6. The molecule has 0 unspecified atom stereocenters. The van der Waals surface area contributed by atoms with Gasteiger partial charge in [0.1, 0.15) is 5.82 Å². The van der Waals surface area contributed by atoms with E-state index < -0.39 is 0 Å². The Labute approximate surface area is 160 Å². The summed E-state index contributed by atoms with van der Waals surface area (Å²) in [6.45, 7) is 9.22. The van der Waals surface area contributed by atoms with Gasteiger partial charge in [0.05, 0.1) is 6.54 Å². The van der Waals surface area contributed by atoms with E-state index in [1.807, 2.05) is 12.1 Å². The Morgan fingerprint density at radius 2 is 1.89 bits per heavy atom. The third kappa shape index (κ3) is 4.74. The van der Waals surface area contributed by atoms with Crippen molar-refractivity contribution in [1.29, 1.82) is 0 Å². The number of rotatable bonds is 6. The van der Waals surface area contributed by atoms with E-state index in [-0.39, 0.29) is 5.82 Å². The Morgan fingerprint density at radius 1 is 1.11 bits per heavy atom. The van der Waals surface area contributed by atoms with Gasteiger partial charge < -0.3 is 4.42 Å². The second-order valence-corrected chi connectivity index (χ2v) is 8.31. The second-order valence-electron chi connectivity index (χ2n) is 8.31. The van der Waals surface area contributed by atoms with Gasteiger partial charge in [0.2, 0.25) is 11.8 Å². The first-order valence-corrected chi connectivity index (χ1v) is 10.1. The summed E-state index contributed by atoms with van der Waals surface area (Å²) in [6.07, 6.45) is 3.46. The normalized spacial score (nSPS) is 22.3. The fraction of sp³-hybridized carbons (Fsp3) is 0.619. The number of hydrogen-bond acceptors (Lipinski definition) is 5. The summed E-state index contributed by atoms with van der Waals surface area (Å²) in [6, 6.07) is 7.34. The van der Waals surface area contributed by atoms with Crippen LogP contribution in [0.25, 0.3) is 0 Å². The van der Waals surface area contributed by atoms with Crippen molar-refractivity contribution in [3.63, 3.8) is 0 Å². The Morgan fingerprint density at radius 3 is 2.59 bits per heavy atom. The summed E-state index contributed by atoms with van der Waals surface area (Å²) >= 11 is 0. The average molecular weight is 372 g/mol. The fourth-order valence-electron chi connectivity index (χ4n) is 3.95. The summed E-state index contributed by atoms with van der Waals surface area (Å²) in [4.78, 5) is 4.99. The predicted octanol–water partition coefficient (Wildman–Crippen LogP) is 3.82. The molecule has 2 aliphatic rings. The van der Waals surface area contributed by atoms with Crippen LogP contribution in [-0.4, -0.2) is 45.7 Å². The standard InChI is InChI=1S/C21H29FN4O/c1-15(2)19-13-25(14-20-23-24-21(27-20)17-6-7-17)10-3-11-26(19)12-16-4-8-18(22)9-5-16/h4-5,8-9,15,17,19H,3,6-7,10-14H2,1-2H3/t19-/m0/s1. The zero-order valence-corrected chi connectivity index (χ0v) is 16.3. The van der Waals surface area contributed by atoms with Crippen LogP contribution in [-0.2, 0) is 13.1 Å². The molecule has 0 N–H and O–H groups in total. The SMILES string of the molecule is CC(C)[C@@H]1CN(Cc2nnc(C3CC3)o2)CCCN1Cc1ccc(F)cc1. The highest BCUT2D eigenvalue weighted by molar-refractivity contribution is 5.16. The van der Waals surface area contributed by atoms with Crippen LogP contribution in [0.1, 0.15) is 56.4 Å². The number of halogens is 1. The summed E-state index contributed by atoms with van der Waals surface area (Å²) in [5, 5.41) is 8.47. The minimum atomic E-state index is -0.175. The molecule has 1 aromatic heterocycles. The Balaban J connectivity index is 1.41. The van der Waals surface area contributed by atoms with Crippen molar-refractivity contribution in [2.24, 2.45) is 5.92 Å². The van der Waals surface area contributed by atoms with E-state index in [2.05, 4.69) is 33.8 Å². The van der Waals surface area contributed by atoms with Gasteiger partial charge >= 0.3 is 0 Å². The van der Waals surface area contributed by atoms with Gasteiger partial charge in [-0.05, 0) is 49.4 Å². The predicted molar refractivity (Wildman–Crippen MR) is 102 cm³/mol. The quantitative estimate of drug-likeness (QED) is 0.771. The van der Waals surface area contributed by atoms with Crippen molar-refractivity contribution in [3.8, 4) is 0 Å². The molecule has 0 radical (unpaired) electrons. The molecule has 1 atom stereocenters. The van der Waals surface area contributed by atoms with Crippen LogP contribution >= 0.6 is 0 Å². The van der Waals surface area contributed by atoms with Crippen LogP contribution in [0.3, 0.4) is 0 Å². The maximum absolute atomic E-state index is 13.2. The Bertz CT molecular complexity index is 741. The highest BCUT2D eigenvalue weighted by atomic mass is 19.1. The lowest BCUT2D eigenvalue weighted by molar-refractivity contribution is 0.126. The molecule has 0 amide bonds. The van der Waals surface area contributed by atoms with Crippen molar-refractivity contribution in [3.05, 3.63) is 47.4 Å². The Hall–Kier alpha value is -1.79. The number of aromatic nitrogens is 2. The van der Waals surface area contributed by atoms with Gasteiger partial charge in [-0.1, -0.05) is 26.0 Å². The van der Waals surface area contributed by atoms with E-state index in [1.165, 1.54) is 18.4 Å². The average Bonchev–Trinajstić information content (AvgIpc) is 3.42. The molecule has 1 aliphatic heterocycles. The molecule has 1 saturated heterocycles. The van der Waals surface area contributed by atoms with E-state index in [0.717, 1.165) is 50.9 Å². The molecule has 1 saturated carbocycles. The molecule has 2 aromatic rings. The van der Waals surface area contributed by atoms with E-state index in [9.17, 15) is 4.39 Å². The summed E-state index contributed by atoms with van der Waals surface area (Å²) < 4.78 is 19.1. The van der Waals surface area contributed by atoms with Crippen molar-refractivity contribution < 1.29 is 8.81 Å². The molecule has 27 heavy (non-hydrogen) atoms. The van der Waals surface area contributed by atoms with Crippen LogP contribution in [0, 0.1) is 11.7 Å². The monoisotopic (exact) mass is 372 g/mol. The maximum Gasteiger partial charge on any atom is 0.230 e. The third-order valence-electron chi connectivity index (χ3n) is 5.67. The topological polar surface area (TPSA) is 45.4 Å². The van der Waals surface area contributed by atoms with Crippen molar-refractivity contribution >= 4 is 0 Å². The molecule has 0 spiro atoms. The van der Waals surface area contributed by atoms with Crippen LogP contribution in [0.4, 0.5) is 4.39 Å². The van der Waals surface area contributed by atoms with Crippen LogP contribution < -0.4 is 0 Å². The first-order chi connectivity index (χ1) is 13.1. The minimum Gasteiger partial charge on any atom is -0.424 e. The second kappa shape index (κ2) is 8.07. The molecule has 4 rings (SSSR count). The number of nitrogens with zero attached hydrogens (tertiary/aromatic N) is 4. The van der Waals surface area contributed by atoms with E-state index in [0.29, 0.717) is 17.9 Å². The van der Waals surface area contributed by atoms with E-state index in [4.69, 9.17) is 4.42 Å². The molecule has 1 aromatic carbocycles. The van der Waals surface area contributed by atoms with Gasteiger partial charge in [-0.25, -0.2) is 4.39 Å². The maximum atomic E-state index is 13.2. The van der Waals surface area contributed by atoms with Crippen molar-refractivity contribution in [2.75, 3.05) is 19.6 Å². The smallest absolute Gasteiger partial charge is 0.230 e. The number of benzene rings is 1. The van der Waals surface area contributed by atoms with Gasteiger partial charge in [-0.15, -0.1) is 10.2 Å². The third-order valence-corrected chi connectivity index (χ3v) is 5.67. The summed E-state index contributed by atoms with van der Waals surface area (Å²) in [5.74, 6) is 2.43. The van der Waals surface area contributed by atoms with E-state index >= 15 is 0 Å². The fourth-order valence-corrected chi connectivity index (χ4v) is 3.95. The summed E-state index contributed by atoms with van der Waals surface area (Å²) in [7, 11) is 0. The molecular formula is C21H29FN4O. The molecule has 0 bridgehead atoms. The molecule has 2 heterocycles. The zero-order valence-electron chi connectivity index (χ0n) is 16.3. The highest BCUT2D eigenvalue weighted by Crippen LogP contribution is 2.39. The van der Waals surface area contributed by atoms with Gasteiger partial charge in [0.15, 0.2) is 0 Å². The van der Waals surface area contributed by atoms with E-state index in [1.54, 1.807) is 12.1 Å². The molecule has 5 nitrogen and oxygen atoms in total. The minimum absolute atomic E-state index is 0.175. The van der Waals surface area contributed by atoms with Gasteiger partial charge in [0, 0.05) is 31.6 Å². The van der Waals surface area contributed by atoms with Crippen molar-refractivity contribution in [1.82, 2.24) is 20.0 Å². The largest absolute Gasteiger partial charge is 0.424 e. The molecule has 146 valence electrons. The molecule has 6 heteroatoms. The van der Waals surface area contributed by atoms with Crippen LogP contribution in [0.15, 0.2) is 28.7 Å². The highest BCUT2D eigenvalue weighted by Gasteiger charge is 2.31. The zero-order chi connectivity index (χ0) is 18.8. The lowest BCUT2D eigenvalue weighted by Gasteiger charge is -2.34. The van der Waals surface area contributed by atoms with Gasteiger partial charge in [0.25, 0.3) is 0 Å². The Kier molecular flexibility index (Phi) is 5.55. The first-order valence-electron chi connectivity index (χ1n) is 10.1. The molecule has 1 aliphatic carbocycles. The van der Waals surface area contributed by atoms with Crippen LogP contribution in [0.5, 0.6) is 0 Å². The van der Waals surface area contributed by atoms with Crippen LogP contribution in [0.2, 0.25) is 0 Å². The summed E-state index contributed by atoms with van der Waals surface area (Å²) in [5.41, 5.74) is 1.17. The number of hydrogen-bond donors (Lipinski definition) is 0. The molecular weight excluding hydrogens is 343 g/mol. The lowest BCUT2D eigenvalue weighted by atomic mass is 10.0. The van der Waals surface area contributed by atoms with Crippen molar-refractivity contribution in [2.45, 2.75) is 58.2 Å². The molecule has 2 fully saturated rings. The lowest BCUT2D eigenvalue weighted by Crippen LogP contribution is -2.43.